The van der Waals surface area contributed by atoms with Crippen LogP contribution in [-0.2, 0) is 28.5 Å². The molecule has 7 heteroatoms. The summed E-state index contributed by atoms with van der Waals surface area (Å²) in [4.78, 5) is 14.4. The summed E-state index contributed by atoms with van der Waals surface area (Å²) in [5.41, 5.74) is -0.226. The molecule has 196 valence electrons. The Kier molecular flexibility index (Phi) is 4.53. The van der Waals surface area contributed by atoms with Crippen molar-refractivity contribution in [3.05, 3.63) is 36.1 Å². The molecule has 3 saturated carbocycles. The highest BCUT2D eigenvalue weighted by Crippen LogP contribution is 2.80. The highest BCUT2D eigenvalue weighted by atomic mass is 16.8. The average Bonchev–Trinajstić information content (AvgIpc) is 2.93. The molecule has 0 amide bonds. The van der Waals surface area contributed by atoms with Gasteiger partial charge in [0, 0.05) is 18.3 Å². The van der Waals surface area contributed by atoms with Gasteiger partial charge in [0.25, 0.3) is 0 Å². The number of fused-ring (bicyclic) bond motifs is 1. The number of carbonyl (C=O) groups is 1. The Hall–Kier alpha value is -1.51. The molecule has 0 aromatic rings. The smallest absolute Gasteiger partial charge is 0.213 e. The maximum absolute atomic E-state index is 14.4. The predicted octanol–water partition coefficient (Wildman–Crippen LogP) is 4.02. The molecule has 9 atom stereocenters. The van der Waals surface area contributed by atoms with Gasteiger partial charge in [-0.2, -0.15) is 0 Å². The molecule has 3 saturated heterocycles. The van der Waals surface area contributed by atoms with Gasteiger partial charge in [0.1, 0.15) is 17.3 Å². The summed E-state index contributed by atoms with van der Waals surface area (Å²) in [6.07, 6.45) is 3.95. The van der Waals surface area contributed by atoms with Crippen molar-refractivity contribution in [2.75, 3.05) is 13.2 Å². The lowest BCUT2D eigenvalue weighted by Gasteiger charge is -2.77. The molecule has 3 spiro atoms. The molecule has 0 aromatic heterocycles. The Labute approximate surface area is 212 Å². The first-order valence-electron chi connectivity index (χ1n) is 13.5. The Balaban J connectivity index is 1.48. The number of aliphatic hydroxyl groups is 1. The van der Waals surface area contributed by atoms with Crippen molar-refractivity contribution in [3.8, 4) is 0 Å². The second kappa shape index (κ2) is 6.92. The number of hydrogen-bond donors (Lipinski definition) is 1. The SMILES string of the molecule is C=CCOC1CCC2=C(O1)C13COC4(OC(C)(C)OC5C6CCC1C54C(=O)C6=C)C(O)C3C(C)(C)C2. The summed E-state index contributed by atoms with van der Waals surface area (Å²) >= 11 is 0. The third kappa shape index (κ3) is 2.37. The van der Waals surface area contributed by atoms with Crippen LogP contribution in [-0.4, -0.2) is 54.2 Å². The Morgan fingerprint density at radius 3 is 2.72 bits per heavy atom. The van der Waals surface area contributed by atoms with E-state index in [4.69, 9.17) is 23.7 Å². The van der Waals surface area contributed by atoms with Gasteiger partial charge in [0.15, 0.2) is 17.9 Å². The van der Waals surface area contributed by atoms with Crippen molar-refractivity contribution in [1.82, 2.24) is 0 Å². The van der Waals surface area contributed by atoms with Crippen LogP contribution in [0, 0.1) is 34.0 Å². The van der Waals surface area contributed by atoms with E-state index in [1.54, 1.807) is 6.08 Å². The van der Waals surface area contributed by atoms with Crippen LogP contribution < -0.4 is 0 Å². The number of aliphatic hydroxyl groups excluding tert-OH is 1. The zero-order valence-electron chi connectivity index (χ0n) is 21.8. The van der Waals surface area contributed by atoms with Gasteiger partial charge in [-0.3, -0.25) is 4.79 Å². The van der Waals surface area contributed by atoms with Gasteiger partial charge in [0.05, 0.1) is 24.7 Å². The number of ketones is 1. The van der Waals surface area contributed by atoms with E-state index in [0.29, 0.717) is 18.8 Å². The first kappa shape index (κ1) is 23.6. The normalized spacial score (nSPS) is 51.2. The van der Waals surface area contributed by atoms with E-state index in [2.05, 4.69) is 27.0 Å². The minimum absolute atomic E-state index is 0.0622. The van der Waals surface area contributed by atoms with Crippen molar-refractivity contribution in [2.45, 2.75) is 89.9 Å². The van der Waals surface area contributed by atoms with Gasteiger partial charge in [-0.25, -0.2) is 0 Å². The topological polar surface area (TPSA) is 83.5 Å². The summed E-state index contributed by atoms with van der Waals surface area (Å²) in [7, 11) is 0. The minimum atomic E-state index is -1.48. The Morgan fingerprint density at radius 2 is 1.97 bits per heavy atom. The largest absolute Gasteiger partial charge is 0.469 e. The van der Waals surface area contributed by atoms with Crippen LogP contribution in [0.25, 0.3) is 0 Å². The molecule has 9 unspecified atom stereocenters. The summed E-state index contributed by atoms with van der Waals surface area (Å²) in [6.45, 7) is 16.9. The zero-order valence-corrected chi connectivity index (χ0v) is 21.8. The number of Topliss-reactive ketones (excluding diaryl/α,β-unsaturated/α-hetero) is 1. The Bertz CT molecular complexity index is 1100. The van der Waals surface area contributed by atoms with E-state index < -0.39 is 34.6 Å². The fourth-order valence-electron chi connectivity index (χ4n) is 9.94. The maximum Gasteiger partial charge on any atom is 0.213 e. The summed E-state index contributed by atoms with van der Waals surface area (Å²) in [5, 5.41) is 12.4. The maximum atomic E-state index is 14.4. The first-order chi connectivity index (χ1) is 17.0. The molecule has 8 rings (SSSR count). The van der Waals surface area contributed by atoms with Crippen LogP contribution >= 0.6 is 0 Å². The molecule has 0 radical (unpaired) electrons. The van der Waals surface area contributed by atoms with Crippen molar-refractivity contribution in [1.29, 1.82) is 0 Å². The minimum Gasteiger partial charge on any atom is -0.469 e. The highest BCUT2D eigenvalue weighted by molar-refractivity contribution is 6.05. The third-order valence-corrected chi connectivity index (χ3v) is 10.6. The quantitative estimate of drug-likeness (QED) is 0.465. The van der Waals surface area contributed by atoms with Gasteiger partial charge in [-0.05, 0) is 62.0 Å². The van der Waals surface area contributed by atoms with Crippen molar-refractivity contribution in [2.24, 2.45) is 34.0 Å². The standard InChI is InChI=1S/C29H38O7/c1-7-12-32-19-11-8-16-13-25(3,4)20-22(31)29-28-18(27(20,14-33-29)23(16)34-19)10-9-17(15(2)21(28)30)24(28)35-26(5,6)36-29/h7,17-20,22,24,31H,1-2,8-14H2,3-6H3. The van der Waals surface area contributed by atoms with Gasteiger partial charge < -0.3 is 28.8 Å². The molecule has 4 aliphatic heterocycles. The Morgan fingerprint density at radius 1 is 1.19 bits per heavy atom. The lowest BCUT2D eigenvalue weighted by atomic mass is 9.36. The van der Waals surface area contributed by atoms with Crippen LogP contribution in [0.3, 0.4) is 0 Å². The van der Waals surface area contributed by atoms with E-state index in [-0.39, 0.29) is 35.2 Å². The van der Waals surface area contributed by atoms with E-state index in [9.17, 15) is 9.90 Å². The summed E-state index contributed by atoms with van der Waals surface area (Å²) < 4.78 is 32.6. The van der Waals surface area contributed by atoms with Crippen molar-refractivity contribution in [3.63, 3.8) is 0 Å². The second-order valence-corrected chi connectivity index (χ2v) is 13.2. The van der Waals surface area contributed by atoms with Crippen LogP contribution in [0.5, 0.6) is 0 Å². The number of carbonyl (C=O) groups excluding carboxylic acids is 1. The van der Waals surface area contributed by atoms with Crippen molar-refractivity contribution < 1.29 is 33.6 Å². The molecular weight excluding hydrogens is 460 g/mol. The summed E-state index contributed by atoms with van der Waals surface area (Å²) in [5.74, 6) is -2.13. The number of rotatable bonds is 3. The van der Waals surface area contributed by atoms with E-state index in [1.807, 2.05) is 13.8 Å². The molecule has 36 heavy (non-hydrogen) atoms. The fourth-order valence-corrected chi connectivity index (χ4v) is 9.94. The molecule has 6 fully saturated rings. The zero-order chi connectivity index (χ0) is 25.5. The number of ether oxygens (including phenoxy) is 5. The monoisotopic (exact) mass is 498 g/mol. The molecule has 4 bridgehead atoms. The molecule has 7 nitrogen and oxygen atoms in total. The van der Waals surface area contributed by atoms with E-state index >= 15 is 0 Å². The van der Waals surface area contributed by atoms with E-state index in [0.717, 1.165) is 37.9 Å². The third-order valence-electron chi connectivity index (χ3n) is 10.6. The van der Waals surface area contributed by atoms with Gasteiger partial charge in [-0.1, -0.05) is 26.5 Å². The molecular formula is C29H38O7. The fraction of sp³-hybridized carbons (Fsp3) is 0.759. The van der Waals surface area contributed by atoms with Gasteiger partial charge in [-0.15, -0.1) is 6.58 Å². The molecule has 4 heterocycles. The lowest BCUT2D eigenvalue weighted by Crippen LogP contribution is -2.87. The number of allylic oxidation sites excluding steroid dienone is 1. The predicted molar refractivity (Wildman–Crippen MR) is 129 cm³/mol. The first-order valence-corrected chi connectivity index (χ1v) is 13.5. The van der Waals surface area contributed by atoms with Crippen LogP contribution in [0.4, 0.5) is 0 Å². The molecule has 8 aliphatic rings. The number of hydrogen-bond acceptors (Lipinski definition) is 7. The van der Waals surface area contributed by atoms with Crippen LogP contribution in [0.2, 0.25) is 0 Å². The van der Waals surface area contributed by atoms with Gasteiger partial charge >= 0.3 is 0 Å². The van der Waals surface area contributed by atoms with E-state index in [1.165, 1.54) is 5.57 Å². The lowest BCUT2D eigenvalue weighted by molar-refractivity contribution is -0.527. The van der Waals surface area contributed by atoms with Crippen LogP contribution in [0.1, 0.15) is 59.8 Å². The van der Waals surface area contributed by atoms with Crippen LogP contribution in [0.15, 0.2) is 36.1 Å². The van der Waals surface area contributed by atoms with Crippen molar-refractivity contribution >= 4 is 5.78 Å². The average molecular weight is 499 g/mol. The second-order valence-electron chi connectivity index (χ2n) is 13.2. The molecule has 0 aromatic carbocycles. The molecule has 1 N–H and O–H groups in total. The summed E-state index contributed by atoms with van der Waals surface area (Å²) in [6, 6.07) is 0. The highest BCUT2D eigenvalue weighted by Gasteiger charge is 2.90. The van der Waals surface area contributed by atoms with Gasteiger partial charge in [0.2, 0.25) is 5.79 Å². The molecule has 4 aliphatic carbocycles.